The first-order chi connectivity index (χ1) is 8.58. The van der Waals surface area contributed by atoms with Gasteiger partial charge >= 0.3 is 0 Å². The molecule has 98 valence electrons. The van der Waals surface area contributed by atoms with Crippen molar-refractivity contribution in [3.05, 3.63) is 33.0 Å². The molecule has 1 aromatic carbocycles. The molecule has 0 unspecified atom stereocenters. The Morgan fingerprint density at radius 2 is 2.11 bits per heavy atom. The molecular formula is C12H12BrClFNO2. The monoisotopic (exact) mass is 335 g/mol. The van der Waals surface area contributed by atoms with E-state index >= 15 is 0 Å². The molecule has 0 bridgehead atoms. The van der Waals surface area contributed by atoms with Crippen molar-refractivity contribution in [1.82, 2.24) is 5.32 Å². The lowest BCUT2D eigenvalue weighted by Crippen LogP contribution is -2.38. The van der Waals surface area contributed by atoms with Crippen molar-refractivity contribution >= 4 is 33.4 Å². The van der Waals surface area contributed by atoms with Crippen LogP contribution in [0.2, 0.25) is 5.02 Å². The number of carbonyl (C=O) groups excluding carboxylic acids is 1. The lowest BCUT2D eigenvalue weighted by atomic mass is 10.1. The third-order valence-corrected chi connectivity index (χ3v) is 4.04. The minimum absolute atomic E-state index is 0.0161. The van der Waals surface area contributed by atoms with Gasteiger partial charge in [-0.3, -0.25) is 4.79 Å². The normalized spacial score (nSPS) is 16.6. The van der Waals surface area contributed by atoms with E-state index in [1.54, 1.807) is 0 Å². The van der Waals surface area contributed by atoms with Gasteiger partial charge in [-0.15, -0.1) is 0 Å². The Morgan fingerprint density at radius 3 is 2.72 bits per heavy atom. The summed E-state index contributed by atoms with van der Waals surface area (Å²) < 4.78 is 19.0. The summed E-state index contributed by atoms with van der Waals surface area (Å²) in [7, 11) is 0. The summed E-state index contributed by atoms with van der Waals surface area (Å²) >= 11 is 8.79. The molecule has 3 nitrogen and oxygen atoms in total. The number of carbonyl (C=O) groups is 1. The summed E-state index contributed by atoms with van der Waals surface area (Å²) in [4.78, 5) is 11.9. The summed E-state index contributed by atoms with van der Waals surface area (Å²) in [6.45, 7) is 1.28. The Kier molecular flexibility index (Phi) is 4.59. The lowest BCUT2D eigenvalue weighted by molar-refractivity contribution is 0.0696. The first kappa shape index (κ1) is 13.8. The molecule has 1 saturated heterocycles. The Labute approximate surface area is 118 Å². The van der Waals surface area contributed by atoms with Gasteiger partial charge in [0.2, 0.25) is 0 Å². The zero-order chi connectivity index (χ0) is 13.1. The van der Waals surface area contributed by atoms with Crippen LogP contribution in [0.5, 0.6) is 0 Å². The van der Waals surface area contributed by atoms with Crippen LogP contribution in [0.25, 0.3) is 0 Å². The summed E-state index contributed by atoms with van der Waals surface area (Å²) in [5, 5.41) is 2.84. The van der Waals surface area contributed by atoms with Crippen molar-refractivity contribution in [3.63, 3.8) is 0 Å². The molecule has 1 aromatic rings. The molecule has 0 aliphatic carbocycles. The van der Waals surface area contributed by atoms with Crippen molar-refractivity contribution in [3.8, 4) is 0 Å². The van der Waals surface area contributed by atoms with Crippen LogP contribution in [0, 0.1) is 5.82 Å². The summed E-state index contributed by atoms with van der Waals surface area (Å²) in [6, 6.07) is 2.74. The van der Waals surface area contributed by atoms with Crippen molar-refractivity contribution in [2.24, 2.45) is 0 Å². The van der Waals surface area contributed by atoms with Gasteiger partial charge in [0, 0.05) is 29.3 Å². The van der Waals surface area contributed by atoms with Crippen LogP contribution in [-0.4, -0.2) is 25.2 Å². The molecule has 6 heteroatoms. The molecule has 0 aromatic heterocycles. The quantitative estimate of drug-likeness (QED) is 0.843. The van der Waals surface area contributed by atoms with Crippen LogP contribution in [0.15, 0.2) is 16.6 Å². The highest BCUT2D eigenvalue weighted by Gasteiger charge is 2.18. The van der Waals surface area contributed by atoms with E-state index in [1.807, 2.05) is 0 Å². The third-order valence-electron chi connectivity index (χ3n) is 2.80. The standard InChI is InChI=1S/C12H12BrClFNO2/c13-9-5-7(6-10(15)11(9)14)12(17)16-8-1-3-18-4-2-8/h5-6,8H,1-4H2,(H,16,17). The number of nitrogens with one attached hydrogen (secondary N) is 1. The highest BCUT2D eigenvalue weighted by atomic mass is 79.9. The molecule has 0 saturated carbocycles. The number of rotatable bonds is 2. The van der Waals surface area contributed by atoms with Crippen LogP contribution >= 0.6 is 27.5 Å². The molecule has 2 rings (SSSR count). The molecule has 1 amide bonds. The fourth-order valence-electron chi connectivity index (χ4n) is 1.80. The number of hydrogen-bond donors (Lipinski definition) is 1. The van der Waals surface area contributed by atoms with Crippen molar-refractivity contribution in [2.75, 3.05) is 13.2 Å². The number of benzene rings is 1. The molecular weight excluding hydrogens is 324 g/mol. The molecule has 1 fully saturated rings. The van der Waals surface area contributed by atoms with Crippen LogP contribution in [-0.2, 0) is 4.74 Å². The Balaban J connectivity index is 2.08. The van der Waals surface area contributed by atoms with Gasteiger partial charge in [-0.1, -0.05) is 11.6 Å². The molecule has 0 spiro atoms. The van der Waals surface area contributed by atoms with Crippen LogP contribution in [0.4, 0.5) is 4.39 Å². The minimum atomic E-state index is -0.608. The predicted octanol–water partition coefficient (Wildman–Crippen LogP) is 3.15. The average molecular weight is 337 g/mol. The highest BCUT2D eigenvalue weighted by Crippen LogP contribution is 2.26. The molecule has 1 N–H and O–H groups in total. The molecule has 0 atom stereocenters. The number of amides is 1. The van der Waals surface area contributed by atoms with E-state index in [9.17, 15) is 9.18 Å². The summed E-state index contributed by atoms with van der Waals surface area (Å²) in [6.07, 6.45) is 1.56. The second kappa shape index (κ2) is 5.99. The molecule has 0 radical (unpaired) electrons. The van der Waals surface area contributed by atoms with Gasteiger partial charge in [0.25, 0.3) is 5.91 Å². The first-order valence-electron chi connectivity index (χ1n) is 5.61. The third kappa shape index (κ3) is 3.22. The first-order valence-corrected chi connectivity index (χ1v) is 6.78. The van der Waals surface area contributed by atoms with Gasteiger partial charge in [0.1, 0.15) is 5.82 Å². The maximum absolute atomic E-state index is 13.4. The van der Waals surface area contributed by atoms with Gasteiger partial charge in [-0.25, -0.2) is 4.39 Å². The maximum atomic E-state index is 13.4. The summed E-state index contributed by atoms with van der Waals surface area (Å²) in [5.74, 6) is -0.902. The van der Waals surface area contributed by atoms with Crippen LogP contribution < -0.4 is 5.32 Å². The number of halogens is 3. The highest BCUT2D eigenvalue weighted by molar-refractivity contribution is 9.10. The lowest BCUT2D eigenvalue weighted by Gasteiger charge is -2.23. The second-order valence-corrected chi connectivity index (χ2v) is 5.35. The van der Waals surface area contributed by atoms with Gasteiger partial charge in [0.05, 0.1) is 5.02 Å². The Hall–Kier alpha value is -0.650. The summed E-state index contributed by atoms with van der Waals surface area (Å²) in [5.41, 5.74) is 0.260. The number of ether oxygens (including phenoxy) is 1. The maximum Gasteiger partial charge on any atom is 0.251 e. The zero-order valence-corrected chi connectivity index (χ0v) is 11.9. The molecule has 1 aliphatic heterocycles. The van der Waals surface area contributed by atoms with Crippen molar-refractivity contribution < 1.29 is 13.9 Å². The van der Waals surface area contributed by atoms with Gasteiger partial charge in [-0.2, -0.15) is 0 Å². The van der Waals surface area contributed by atoms with E-state index in [2.05, 4.69) is 21.2 Å². The Morgan fingerprint density at radius 1 is 1.44 bits per heavy atom. The van der Waals surface area contributed by atoms with Gasteiger partial charge in [0.15, 0.2) is 0 Å². The van der Waals surface area contributed by atoms with E-state index in [1.165, 1.54) is 6.07 Å². The largest absolute Gasteiger partial charge is 0.381 e. The van der Waals surface area contributed by atoms with Crippen LogP contribution in [0.1, 0.15) is 23.2 Å². The average Bonchev–Trinajstić information content (AvgIpc) is 2.36. The Bertz CT molecular complexity index is 440. The predicted molar refractivity (Wildman–Crippen MR) is 70.4 cm³/mol. The van der Waals surface area contributed by atoms with Crippen LogP contribution in [0.3, 0.4) is 0 Å². The number of hydrogen-bond acceptors (Lipinski definition) is 2. The molecule has 18 heavy (non-hydrogen) atoms. The minimum Gasteiger partial charge on any atom is -0.381 e. The van der Waals surface area contributed by atoms with E-state index in [0.717, 1.165) is 18.9 Å². The van der Waals surface area contributed by atoms with Gasteiger partial charge < -0.3 is 10.1 Å². The van der Waals surface area contributed by atoms with E-state index in [0.29, 0.717) is 17.7 Å². The van der Waals surface area contributed by atoms with E-state index in [4.69, 9.17) is 16.3 Å². The zero-order valence-electron chi connectivity index (χ0n) is 9.51. The SMILES string of the molecule is O=C(NC1CCOCC1)c1cc(F)c(Cl)c(Br)c1. The molecule has 1 aliphatic rings. The fourth-order valence-corrected chi connectivity index (χ4v) is 2.34. The molecule has 1 heterocycles. The van der Waals surface area contributed by atoms with Crippen molar-refractivity contribution in [1.29, 1.82) is 0 Å². The second-order valence-electron chi connectivity index (χ2n) is 4.11. The van der Waals surface area contributed by atoms with E-state index < -0.39 is 5.82 Å². The smallest absolute Gasteiger partial charge is 0.251 e. The fraction of sp³-hybridized carbons (Fsp3) is 0.417. The van der Waals surface area contributed by atoms with E-state index in [-0.39, 0.29) is 22.5 Å². The van der Waals surface area contributed by atoms with Crippen molar-refractivity contribution in [2.45, 2.75) is 18.9 Å². The van der Waals surface area contributed by atoms with Gasteiger partial charge in [-0.05, 0) is 40.9 Å². The topological polar surface area (TPSA) is 38.3 Å².